The highest BCUT2D eigenvalue weighted by Gasteiger charge is 2.35. The lowest BCUT2D eigenvalue weighted by Crippen LogP contribution is -2.45. The molecular weight excluding hydrogens is 355 g/mol. The Morgan fingerprint density at radius 3 is 2.44 bits per heavy atom. The largest absolute Gasteiger partial charge is 0.480 e. The van der Waals surface area contributed by atoms with E-state index in [-0.39, 0.29) is 13.0 Å². The van der Waals surface area contributed by atoms with Gasteiger partial charge in [-0.25, -0.2) is 0 Å². The van der Waals surface area contributed by atoms with Crippen molar-refractivity contribution in [2.75, 3.05) is 0 Å². The van der Waals surface area contributed by atoms with Crippen molar-refractivity contribution < 1.29 is 23.1 Å². The predicted octanol–water partition coefficient (Wildman–Crippen LogP) is 4.37. The molecule has 0 fully saturated rings. The fourth-order valence-corrected chi connectivity index (χ4v) is 3.17. The predicted molar refractivity (Wildman–Crippen MR) is 87.3 cm³/mol. The summed E-state index contributed by atoms with van der Waals surface area (Å²) >= 11 is 5.85. The van der Waals surface area contributed by atoms with E-state index in [0.29, 0.717) is 22.7 Å². The van der Waals surface area contributed by atoms with Gasteiger partial charge in [0.05, 0.1) is 5.56 Å². The smallest absolute Gasteiger partial charge is 0.416 e. The summed E-state index contributed by atoms with van der Waals surface area (Å²) in [5.41, 5.74) is 1.30. The van der Waals surface area contributed by atoms with Gasteiger partial charge in [0.2, 0.25) is 0 Å². The zero-order chi connectivity index (χ0) is 18.2. The van der Waals surface area contributed by atoms with E-state index in [0.717, 1.165) is 17.7 Å². The van der Waals surface area contributed by atoms with Crippen LogP contribution in [0.4, 0.5) is 13.2 Å². The van der Waals surface area contributed by atoms with E-state index in [1.807, 2.05) is 0 Å². The SMILES string of the molecule is O=C(O)C1Cc2ccc(C(F)(F)F)cc2CN1Cc1ccc(Cl)cc1. The zero-order valence-corrected chi connectivity index (χ0v) is 13.8. The van der Waals surface area contributed by atoms with Crippen LogP contribution in [0.1, 0.15) is 22.3 Å². The molecule has 25 heavy (non-hydrogen) atoms. The lowest BCUT2D eigenvalue weighted by atomic mass is 9.92. The van der Waals surface area contributed by atoms with Crippen LogP contribution in [0.3, 0.4) is 0 Å². The Balaban J connectivity index is 1.90. The van der Waals surface area contributed by atoms with Crippen molar-refractivity contribution in [3.8, 4) is 0 Å². The molecule has 0 radical (unpaired) electrons. The van der Waals surface area contributed by atoms with Crippen molar-refractivity contribution in [2.24, 2.45) is 0 Å². The molecule has 0 saturated carbocycles. The molecule has 3 nitrogen and oxygen atoms in total. The maximum absolute atomic E-state index is 12.9. The molecule has 1 N–H and O–H groups in total. The summed E-state index contributed by atoms with van der Waals surface area (Å²) in [5.74, 6) is -0.987. The van der Waals surface area contributed by atoms with Gasteiger partial charge in [-0.05, 0) is 47.4 Å². The summed E-state index contributed by atoms with van der Waals surface area (Å²) in [6, 6.07) is 9.69. The number of rotatable bonds is 3. The monoisotopic (exact) mass is 369 g/mol. The summed E-state index contributed by atoms with van der Waals surface area (Å²) in [7, 11) is 0. The molecule has 3 rings (SSSR count). The van der Waals surface area contributed by atoms with Crippen molar-refractivity contribution >= 4 is 17.6 Å². The van der Waals surface area contributed by atoms with E-state index in [4.69, 9.17) is 11.6 Å². The maximum Gasteiger partial charge on any atom is 0.416 e. The van der Waals surface area contributed by atoms with Gasteiger partial charge in [-0.1, -0.05) is 29.8 Å². The van der Waals surface area contributed by atoms with Gasteiger partial charge < -0.3 is 5.11 Å². The van der Waals surface area contributed by atoms with Crippen LogP contribution in [0, 0.1) is 0 Å². The highest BCUT2D eigenvalue weighted by molar-refractivity contribution is 6.30. The Bertz CT molecular complexity index is 790. The lowest BCUT2D eigenvalue weighted by molar-refractivity contribution is -0.144. The number of hydrogen-bond acceptors (Lipinski definition) is 2. The van der Waals surface area contributed by atoms with E-state index in [2.05, 4.69) is 0 Å². The molecule has 1 unspecified atom stereocenters. The van der Waals surface area contributed by atoms with Crippen molar-refractivity contribution in [3.63, 3.8) is 0 Å². The standard InChI is InChI=1S/C18H15ClF3NO2/c19-15-5-1-11(2-6-15)9-23-10-13-7-14(18(20,21)22)4-3-12(13)8-16(23)17(24)25/h1-7,16H,8-10H2,(H,24,25). The topological polar surface area (TPSA) is 40.5 Å². The van der Waals surface area contributed by atoms with Crippen molar-refractivity contribution in [3.05, 3.63) is 69.7 Å². The summed E-state index contributed by atoms with van der Waals surface area (Å²) in [5, 5.41) is 10.1. The number of benzene rings is 2. The number of carbonyl (C=O) groups is 1. The number of halogens is 4. The van der Waals surface area contributed by atoms with Crippen LogP contribution >= 0.6 is 11.6 Å². The average molecular weight is 370 g/mol. The van der Waals surface area contributed by atoms with Crippen LogP contribution in [0.5, 0.6) is 0 Å². The first kappa shape index (κ1) is 17.8. The maximum atomic E-state index is 12.9. The minimum Gasteiger partial charge on any atom is -0.480 e. The van der Waals surface area contributed by atoms with E-state index in [1.165, 1.54) is 6.07 Å². The van der Waals surface area contributed by atoms with Crippen LogP contribution < -0.4 is 0 Å². The normalized spacial score (nSPS) is 18.0. The van der Waals surface area contributed by atoms with Gasteiger partial charge in [0.1, 0.15) is 6.04 Å². The number of fused-ring (bicyclic) bond motifs is 1. The molecule has 1 aliphatic heterocycles. The average Bonchev–Trinajstić information content (AvgIpc) is 2.54. The van der Waals surface area contributed by atoms with Crippen molar-refractivity contribution in [2.45, 2.75) is 31.7 Å². The van der Waals surface area contributed by atoms with E-state index < -0.39 is 23.8 Å². The molecule has 132 valence electrons. The molecule has 0 aliphatic carbocycles. The molecule has 1 atom stereocenters. The molecule has 2 aromatic rings. The number of hydrogen-bond donors (Lipinski definition) is 1. The zero-order valence-electron chi connectivity index (χ0n) is 13.1. The molecule has 7 heteroatoms. The summed E-state index contributed by atoms with van der Waals surface area (Å²) in [6.45, 7) is 0.475. The molecule has 2 aromatic carbocycles. The van der Waals surface area contributed by atoms with Gasteiger partial charge in [0.15, 0.2) is 0 Å². The molecule has 1 heterocycles. The van der Waals surface area contributed by atoms with Crippen LogP contribution in [-0.4, -0.2) is 22.0 Å². The second kappa shape index (κ2) is 6.69. The van der Waals surface area contributed by atoms with Crippen LogP contribution in [0.25, 0.3) is 0 Å². The summed E-state index contributed by atoms with van der Waals surface area (Å²) < 4.78 is 38.8. The van der Waals surface area contributed by atoms with Crippen molar-refractivity contribution in [1.29, 1.82) is 0 Å². The van der Waals surface area contributed by atoms with Gasteiger partial charge >= 0.3 is 12.1 Å². The van der Waals surface area contributed by atoms with Crippen LogP contribution in [0.15, 0.2) is 42.5 Å². The molecule has 0 aromatic heterocycles. The fraction of sp³-hybridized carbons (Fsp3) is 0.278. The Morgan fingerprint density at radius 1 is 1.16 bits per heavy atom. The minimum atomic E-state index is -4.42. The highest BCUT2D eigenvalue weighted by atomic mass is 35.5. The number of aliphatic carboxylic acids is 1. The van der Waals surface area contributed by atoms with Gasteiger partial charge in [-0.3, -0.25) is 9.69 Å². The van der Waals surface area contributed by atoms with Gasteiger partial charge in [0, 0.05) is 18.1 Å². The van der Waals surface area contributed by atoms with Gasteiger partial charge in [0.25, 0.3) is 0 Å². The third-order valence-electron chi connectivity index (χ3n) is 4.35. The summed E-state index contributed by atoms with van der Waals surface area (Å²) in [6.07, 6.45) is -4.24. The Morgan fingerprint density at radius 2 is 1.84 bits per heavy atom. The molecule has 0 saturated heterocycles. The van der Waals surface area contributed by atoms with Crippen LogP contribution in [-0.2, 0) is 30.5 Å². The first-order valence-corrected chi connectivity index (χ1v) is 8.02. The molecule has 0 amide bonds. The Hall–Kier alpha value is -2.05. The second-order valence-electron chi connectivity index (χ2n) is 6.07. The lowest BCUT2D eigenvalue weighted by Gasteiger charge is -2.34. The highest BCUT2D eigenvalue weighted by Crippen LogP contribution is 2.33. The van der Waals surface area contributed by atoms with E-state index >= 15 is 0 Å². The number of carboxylic acid groups (broad SMARTS) is 1. The molecular formula is C18H15ClF3NO2. The first-order chi connectivity index (χ1) is 11.7. The van der Waals surface area contributed by atoms with Crippen molar-refractivity contribution in [1.82, 2.24) is 4.90 Å². The second-order valence-corrected chi connectivity index (χ2v) is 6.51. The van der Waals surface area contributed by atoms with Crippen LogP contribution in [0.2, 0.25) is 5.02 Å². The van der Waals surface area contributed by atoms with E-state index in [1.54, 1.807) is 29.2 Å². The minimum absolute atomic E-state index is 0.152. The van der Waals surface area contributed by atoms with Gasteiger partial charge in [-0.15, -0.1) is 0 Å². The third kappa shape index (κ3) is 3.96. The third-order valence-corrected chi connectivity index (χ3v) is 4.60. The van der Waals surface area contributed by atoms with E-state index in [9.17, 15) is 23.1 Å². The number of carboxylic acids is 1. The number of nitrogens with zero attached hydrogens (tertiary/aromatic N) is 1. The molecule has 1 aliphatic rings. The van der Waals surface area contributed by atoms with Gasteiger partial charge in [-0.2, -0.15) is 13.2 Å². The Kier molecular flexibility index (Phi) is 4.75. The summed E-state index contributed by atoms with van der Waals surface area (Å²) in [4.78, 5) is 13.3. The fourth-order valence-electron chi connectivity index (χ4n) is 3.05. The Labute approximate surface area is 147 Å². The number of alkyl halides is 3. The molecule has 0 bridgehead atoms. The molecule has 0 spiro atoms. The quantitative estimate of drug-likeness (QED) is 0.873. The first-order valence-electron chi connectivity index (χ1n) is 7.64.